The van der Waals surface area contributed by atoms with Crippen LogP contribution in [-0.4, -0.2) is 11.1 Å². The molecule has 14 heavy (non-hydrogen) atoms. The van der Waals surface area contributed by atoms with E-state index in [1.54, 1.807) is 0 Å². The van der Waals surface area contributed by atoms with Crippen LogP contribution in [0, 0.1) is 5.92 Å². The number of rotatable bonds is 7. The van der Waals surface area contributed by atoms with E-state index in [-0.39, 0.29) is 0 Å². The van der Waals surface area contributed by atoms with Crippen LogP contribution in [0.4, 0.5) is 0 Å². The number of aliphatic carboxylic acids is 1. The molecule has 2 heteroatoms. The van der Waals surface area contributed by atoms with Crippen molar-refractivity contribution in [1.29, 1.82) is 0 Å². The van der Waals surface area contributed by atoms with Crippen molar-refractivity contribution in [1.82, 2.24) is 0 Å². The molecule has 0 heterocycles. The van der Waals surface area contributed by atoms with E-state index < -0.39 is 5.97 Å². The lowest BCUT2D eigenvalue weighted by Gasteiger charge is -2.10. The van der Waals surface area contributed by atoms with Gasteiger partial charge in [-0.15, -0.1) is 0 Å². The first-order chi connectivity index (χ1) is 6.60. The van der Waals surface area contributed by atoms with Crippen LogP contribution in [-0.2, 0) is 4.79 Å². The van der Waals surface area contributed by atoms with E-state index in [1.807, 2.05) is 0 Å². The summed E-state index contributed by atoms with van der Waals surface area (Å²) in [4.78, 5) is 10.5. The molecule has 0 aromatic rings. The molecule has 0 fully saturated rings. The molecule has 1 atom stereocenters. The molecular weight excluding hydrogens is 176 g/mol. The Kier molecular flexibility index (Phi) is 7.17. The zero-order valence-electron chi connectivity index (χ0n) is 9.55. The minimum absolute atomic E-state index is 0.315. The summed E-state index contributed by atoms with van der Waals surface area (Å²) in [6.07, 6.45) is 6.62. The van der Waals surface area contributed by atoms with Crippen molar-refractivity contribution < 1.29 is 9.90 Å². The molecule has 0 aliphatic carbocycles. The summed E-state index contributed by atoms with van der Waals surface area (Å²) in [5, 5.41) is 8.65. The summed E-state index contributed by atoms with van der Waals surface area (Å²) < 4.78 is 0. The Balaban J connectivity index is 3.78. The second-order valence-corrected chi connectivity index (χ2v) is 3.85. The van der Waals surface area contributed by atoms with Crippen LogP contribution >= 0.6 is 0 Å². The first-order valence-electron chi connectivity index (χ1n) is 5.47. The highest BCUT2D eigenvalue weighted by molar-refractivity contribution is 5.66. The first kappa shape index (κ1) is 13.2. The molecule has 0 saturated heterocycles. The van der Waals surface area contributed by atoms with Crippen LogP contribution < -0.4 is 0 Å². The maximum Gasteiger partial charge on any atom is 0.303 e. The molecule has 0 aliphatic rings. The van der Waals surface area contributed by atoms with Gasteiger partial charge in [-0.25, -0.2) is 0 Å². The smallest absolute Gasteiger partial charge is 0.303 e. The van der Waals surface area contributed by atoms with Gasteiger partial charge in [0.15, 0.2) is 0 Å². The van der Waals surface area contributed by atoms with Crippen molar-refractivity contribution >= 4 is 5.97 Å². The minimum Gasteiger partial charge on any atom is -0.481 e. The van der Waals surface area contributed by atoms with Gasteiger partial charge in [-0.05, 0) is 32.1 Å². The van der Waals surface area contributed by atoms with E-state index in [0.29, 0.717) is 12.3 Å². The lowest BCUT2D eigenvalue weighted by molar-refractivity contribution is -0.138. The second-order valence-electron chi connectivity index (χ2n) is 3.85. The zero-order chi connectivity index (χ0) is 11.0. The number of carbonyl (C=O) groups is 1. The van der Waals surface area contributed by atoms with Crippen LogP contribution in [0.25, 0.3) is 0 Å². The fourth-order valence-corrected chi connectivity index (χ4v) is 1.41. The topological polar surface area (TPSA) is 37.3 Å². The van der Waals surface area contributed by atoms with Crippen LogP contribution in [0.1, 0.15) is 52.9 Å². The van der Waals surface area contributed by atoms with E-state index in [2.05, 4.69) is 26.8 Å². The third-order valence-corrected chi connectivity index (χ3v) is 2.67. The van der Waals surface area contributed by atoms with Crippen molar-refractivity contribution in [2.45, 2.75) is 52.9 Å². The van der Waals surface area contributed by atoms with Gasteiger partial charge in [0.1, 0.15) is 0 Å². The molecular formula is C12H22O2. The predicted octanol–water partition coefficient (Wildman–Crippen LogP) is 3.62. The minimum atomic E-state index is -0.673. The first-order valence-corrected chi connectivity index (χ1v) is 5.47. The second kappa shape index (κ2) is 7.60. The molecule has 0 saturated carbocycles. The average molecular weight is 198 g/mol. The van der Waals surface area contributed by atoms with E-state index in [9.17, 15) is 4.79 Å². The van der Waals surface area contributed by atoms with Gasteiger partial charge in [0.2, 0.25) is 0 Å². The molecule has 82 valence electrons. The molecule has 0 aliphatic heterocycles. The molecule has 0 rings (SSSR count). The van der Waals surface area contributed by atoms with Gasteiger partial charge in [-0.3, -0.25) is 4.79 Å². The van der Waals surface area contributed by atoms with Crippen molar-refractivity contribution in [3.63, 3.8) is 0 Å². The van der Waals surface area contributed by atoms with E-state index >= 15 is 0 Å². The third kappa shape index (κ3) is 6.70. The van der Waals surface area contributed by atoms with Crippen LogP contribution in [0.15, 0.2) is 11.6 Å². The SMILES string of the molecule is CC/C(C)=C/CC[C@@H](CC)CC(=O)O. The largest absolute Gasteiger partial charge is 0.481 e. The average Bonchev–Trinajstić information content (AvgIpc) is 2.15. The van der Waals surface area contributed by atoms with Crippen molar-refractivity contribution in [3.05, 3.63) is 11.6 Å². The molecule has 0 amide bonds. The van der Waals surface area contributed by atoms with Gasteiger partial charge in [0, 0.05) is 6.42 Å². The Labute approximate surface area is 87.0 Å². The zero-order valence-corrected chi connectivity index (χ0v) is 9.55. The maximum absolute atomic E-state index is 10.5. The Hall–Kier alpha value is -0.790. The number of allylic oxidation sites excluding steroid dienone is 2. The third-order valence-electron chi connectivity index (χ3n) is 2.67. The van der Waals surface area contributed by atoms with E-state index in [1.165, 1.54) is 5.57 Å². The summed E-state index contributed by atoms with van der Waals surface area (Å²) in [5.41, 5.74) is 1.40. The van der Waals surface area contributed by atoms with Gasteiger partial charge in [-0.1, -0.05) is 31.9 Å². The normalized spacial score (nSPS) is 14.1. The fourth-order valence-electron chi connectivity index (χ4n) is 1.41. The van der Waals surface area contributed by atoms with Crippen molar-refractivity contribution in [2.75, 3.05) is 0 Å². The lowest BCUT2D eigenvalue weighted by Crippen LogP contribution is -2.06. The van der Waals surface area contributed by atoms with Crippen LogP contribution in [0.5, 0.6) is 0 Å². The monoisotopic (exact) mass is 198 g/mol. The fraction of sp³-hybridized carbons (Fsp3) is 0.750. The summed E-state index contributed by atoms with van der Waals surface area (Å²) in [6, 6.07) is 0. The summed E-state index contributed by atoms with van der Waals surface area (Å²) in [7, 11) is 0. The Morgan fingerprint density at radius 2 is 2.07 bits per heavy atom. The van der Waals surface area contributed by atoms with Gasteiger partial charge in [0.05, 0.1) is 0 Å². The number of carboxylic acids is 1. The number of hydrogen-bond acceptors (Lipinski definition) is 1. The maximum atomic E-state index is 10.5. The van der Waals surface area contributed by atoms with Crippen molar-refractivity contribution in [2.24, 2.45) is 5.92 Å². The van der Waals surface area contributed by atoms with Gasteiger partial charge in [-0.2, -0.15) is 0 Å². The summed E-state index contributed by atoms with van der Waals surface area (Å²) >= 11 is 0. The molecule has 0 bridgehead atoms. The highest BCUT2D eigenvalue weighted by Crippen LogP contribution is 2.16. The Morgan fingerprint density at radius 1 is 1.43 bits per heavy atom. The van der Waals surface area contributed by atoms with E-state index in [0.717, 1.165) is 25.7 Å². The van der Waals surface area contributed by atoms with Gasteiger partial charge in [0.25, 0.3) is 0 Å². The van der Waals surface area contributed by atoms with Crippen molar-refractivity contribution in [3.8, 4) is 0 Å². The Morgan fingerprint density at radius 3 is 2.50 bits per heavy atom. The molecule has 0 unspecified atom stereocenters. The van der Waals surface area contributed by atoms with Gasteiger partial charge < -0.3 is 5.11 Å². The molecule has 0 aromatic carbocycles. The van der Waals surface area contributed by atoms with Gasteiger partial charge >= 0.3 is 5.97 Å². The van der Waals surface area contributed by atoms with Crippen LogP contribution in [0.2, 0.25) is 0 Å². The quantitative estimate of drug-likeness (QED) is 0.634. The predicted molar refractivity (Wildman–Crippen MR) is 59.3 cm³/mol. The molecule has 0 spiro atoms. The standard InChI is InChI=1S/C12H22O2/c1-4-10(3)7-6-8-11(5-2)9-12(13)14/h7,11H,4-6,8-9H2,1-3H3,(H,13,14)/b10-7+/t11-/m1/s1. The molecule has 0 aromatic heterocycles. The molecule has 0 radical (unpaired) electrons. The Bertz CT molecular complexity index is 194. The molecule has 2 nitrogen and oxygen atoms in total. The number of hydrogen-bond donors (Lipinski definition) is 1. The summed E-state index contributed by atoms with van der Waals surface area (Å²) in [6.45, 7) is 6.32. The number of carboxylic acid groups (broad SMARTS) is 1. The summed E-state index contributed by atoms with van der Waals surface area (Å²) in [5.74, 6) is -0.332. The highest BCUT2D eigenvalue weighted by atomic mass is 16.4. The lowest BCUT2D eigenvalue weighted by atomic mass is 9.96. The molecule has 1 N–H and O–H groups in total. The van der Waals surface area contributed by atoms with Crippen LogP contribution in [0.3, 0.4) is 0 Å². The highest BCUT2D eigenvalue weighted by Gasteiger charge is 2.09. The van der Waals surface area contributed by atoms with E-state index in [4.69, 9.17) is 5.11 Å².